The maximum absolute atomic E-state index is 11.7. The maximum atomic E-state index is 11.7. The second-order valence-corrected chi connectivity index (χ2v) is 10.3. The summed E-state index contributed by atoms with van der Waals surface area (Å²) in [4.78, 5) is 23.2. The smallest absolute Gasteiger partial charge is 0.336 e. The lowest BCUT2D eigenvalue weighted by molar-refractivity contribution is -0.208. The van der Waals surface area contributed by atoms with Crippen molar-refractivity contribution in [1.29, 1.82) is 0 Å². The Labute approximate surface area is 193 Å². The number of hydrogen-bond donors (Lipinski definition) is 2. The molecule has 178 valence electrons. The number of carbonyl (C=O) groups excluding carboxylic acids is 1. The van der Waals surface area contributed by atoms with Crippen molar-refractivity contribution in [3.05, 3.63) is 52.9 Å². The molecule has 4 rings (SSSR count). The van der Waals surface area contributed by atoms with E-state index in [1.807, 2.05) is 19.9 Å². The number of aliphatic hydroxyl groups excluding tert-OH is 2. The summed E-state index contributed by atoms with van der Waals surface area (Å²) in [5.74, 6) is -0.392. The minimum absolute atomic E-state index is 0.239. The molecule has 2 saturated carbocycles. The van der Waals surface area contributed by atoms with Crippen molar-refractivity contribution in [1.82, 2.24) is 0 Å². The topological polar surface area (TPSA) is 106 Å². The molecule has 2 fully saturated rings. The molecule has 2 aliphatic carbocycles. The quantitative estimate of drug-likeness (QED) is 0.412. The van der Waals surface area contributed by atoms with Crippen LogP contribution in [0.1, 0.15) is 40.5 Å². The SMILES string of the molecule is C=C1[C@H](O)[C@@H](O)[C@@H]2C(C)(C)[C@@H](OC(C)=O)CC[C@]2(C)[C@H]1COc1ccc2ccc(=O)oc2c1. The summed E-state index contributed by atoms with van der Waals surface area (Å²) in [5.41, 5.74) is -0.455. The van der Waals surface area contributed by atoms with E-state index in [9.17, 15) is 19.8 Å². The number of ether oxygens (including phenoxy) is 2. The van der Waals surface area contributed by atoms with E-state index in [1.165, 1.54) is 13.0 Å². The zero-order chi connectivity index (χ0) is 24.1. The van der Waals surface area contributed by atoms with Crippen molar-refractivity contribution >= 4 is 16.9 Å². The summed E-state index contributed by atoms with van der Waals surface area (Å²) < 4.78 is 17.0. The van der Waals surface area contributed by atoms with Gasteiger partial charge in [0, 0.05) is 41.7 Å². The first-order valence-corrected chi connectivity index (χ1v) is 11.3. The fraction of sp³-hybridized carbons (Fsp3) is 0.538. The fourth-order valence-corrected chi connectivity index (χ4v) is 6.29. The van der Waals surface area contributed by atoms with Gasteiger partial charge in [0.15, 0.2) is 0 Å². The van der Waals surface area contributed by atoms with Crippen LogP contribution in [0.15, 0.2) is 51.7 Å². The molecule has 6 atom stereocenters. The molecule has 0 radical (unpaired) electrons. The monoisotopic (exact) mass is 456 g/mol. The van der Waals surface area contributed by atoms with Crippen LogP contribution < -0.4 is 10.4 Å². The predicted molar refractivity (Wildman–Crippen MR) is 123 cm³/mol. The van der Waals surface area contributed by atoms with Crippen LogP contribution in [0.4, 0.5) is 0 Å². The van der Waals surface area contributed by atoms with Crippen molar-refractivity contribution in [3.63, 3.8) is 0 Å². The summed E-state index contributed by atoms with van der Waals surface area (Å²) >= 11 is 0. The fourth-order valence-electron chi connectivity index (χ4n) is 6.29. The first kappa shape index (κ1) is 23.5. The summed E-state index contributed by atoms with van der Waals surface area (Å²) in [7, 11) is 0. The first-order valence-electron chi connectivity index (χ1n) is 11.3. The zero-order valence-corrected chi connectivity index (χ0v) is 19.5. The van der Waals surface area contributed by atoms with Gasteiger partial charge in [-0.25, -0.2) is 4.79 Å². The number of rotatable bonds is 4. The third-order valence-corrected chi connectivity index (χ3v) is 7.90. The lowest BCUT2D eigenvalue weighted by Gasteiger charge is -2.61. The molecular weight excluding hydrogens is 424 g/mol. The van der Waals surface area contributed by atoms with E-state index in [2.05, 4.69) is 13.5 Å². The van der Waals surface area contributed by atoms with E-state index in [0.29, 0.717) is 29.7 Å². The number of fused-ring (bicyclic) bond motifs is 2. The highest BCUT2D eigenvalue weighted by Crippen LogP contribution is 2.61. The van der Waals surface area contributed by atoms with Crippen molar-refractivity contribution < 1.29 is 28.9 Å². The van der Waals surface area contributed by atoms with Gasteiger partial charge in [0.1, 0.15) is 23.5 Å². The molecule has 33 heavy (non-hydrogen) atoms. The van der Waals surface area contributed by atoms with Gasteiger partial charge >= 0.3 is 11.6 Å². The molecule has 2 N–H and O–H groups in total. The van der Waals surface area contributed by atoms with Crippen molar-refractivity contribution in [2.45, 2.75) is 58.8 Å². The van der Waals surface area contributed by atoms with Crippen molar-refractivity contribution in [2.24, 2.45) is 22.7 Å². The van der Waals surface area contributed by atoms with Crippen LogP contribution in [-0.4, -0.2) is 41.1 Å². The molecule has 2 aliphatic rings. The van der Waals surface area contributed by atoms with Gasteiger partial charge in [-0.3, -0.25) is 4.79 Å². The molecule has 0 bridgehead atoms. The number of hydrogen-bond acceptors (Lipinski definition) is 7. The highest BCUT2D eigenvalue weighted by Gasteiger charge is 2.62. The maximum Gasteiger partial charge on any atom is 0.336 e. The van der Waals surface area contributed by atoms with E-state index in [0.717, 1.165) is 5.39 Å². The summed E-state index contributed by atoms with van der Waals surface area (Å²) in [6, 6.07) is 8.37. The Morgan fingerprint density at radius 2 is 1.91 bits per heavy atom. The van der Waals surface area contributed by atoms with Gasteiger partial charge in [-0.15, -0.1) is 0 Å². The van der Waals surface area contributed by atoms with Gasteiger partial charge in [-0.05, 0) is 42.0 Å². The number of aliphatic hydroxyl groups is 2. The molecule has 1 aromatic carbocycles. The Bertz CT molecular complexity index is 1130. The highest BCUT2D eigenvalue weighted by molar-refractivity contribution is 5.77. The summed E-state index contributed by atoms with van der Waals surface area (Å²) in [6.45, 7) is 11.8. The van der Waals surface area contributed by atoms with Gasteiger partial charge in [0.2, 0.25) is 0 Å². The van der Waals surface area contributed by atoms with Crippen molar-refractivity contribution in [2.75, 3.05) is 6.61 Å². The van der Waals surface area contributed by atoms with Crippen LogP contribution in [-0.2, 0) is 9.53 Å². The number of esters is 1. The average Bonchev–Trinajstić information content (AvgIpc) is 2.73. The lowest BCUT2D eigenvalue weighted by atomic mass is 9.45. The first-order chi connectivity index (χ1) is 15.4. The third-order valence-electron chi connectivity index (χ3n) is 7.90. The molecule has 7 heteroatoms. The van der Waals surface area contributed by atoms with E-state index >= 15 is 0 Å². The Kier molecular flexibility index (Phi) is 5.91. The lowest BCUT2D eigenvalue weighted by Crippen LogP contribution is -2.64. The molecule has 0 spiro atoms. The van der Waals surface area contributed by atoms with Crippen LogP contribution >= 0.6 is 0 Å². The molecule has 2 aromatic rings. The molecule has 0 aliphatic heterocycles. The average molecular weight is 457 g/mol. The van der Waals surface area contributed by atoms with Crippen molar-refractivity contribution in [3.8, 4) is 5.75 Å². The van der Waals surface area contributed by atoms with E-state index < -0.39 is 28.7 Å². The van der Waals surface area contributed by atoms with Crippen LogP contribution in [0, 0.1) is 22.7 Å². The standard InChI is InChI=1S/C26H32O7/c1-14-18(13-31-17-8-6-16-7-9-21(28)33-19(16)12-17)26(5)11-10-20(32-15(2)27)25(3,4)24(26)23(30)22(14)29/h6-9,12,18,20,22-24,29-30H,1,10-11,13H2,2-5H3/t18-,20-,22-,23+,24+,26+/m0/s1. The van der Waals surface area contributed by atoms with Crippen LogP contribution in [0.25, 0.3) is 11.0 Å². The minimum Gasteiger partial charge on any atom is -0.493 e. The highest BCUT2D eigenvalue weighted by atomic mass is 16.5. The molecule has 0 amide bonds. The molecule has 0 saturated heterocycles. The molecule has 7 nitrogen and oxygen atoms in total. The van der Waals surface area contributed by atoms with Gasteiger partial charge < -0.3 is 24.1 Å². The Morgan fingerprint density at radius 3 is 2.61 bits per heavy atom. The Balaban J connectivity index is 1.63. The Morgan fingerprint density at radius 1 is 1.21 bits per heavy atom. The van der Waals surface area contributed by atoms with E-state index in [1.54, 1.807) is 18.2 Å². The number of carbonyl (C=O) groups is 1. The number of benzene rings is 1. The Hall–Kier alpha value is -2.64. The van der Waals surface area contributed by atoms with Crippen LogP contribution in [0.3, 0.4) is 0 Å². The molecule has 1 heterocycles. The summed E-state index contributed by atoms with van der Waals surface area (Å²) in [5, 5.41) is 22.8. The molecule has 0 unspecified atom stereocenters. The van der Waals surface area contributed by atoms with Crippen LogP contribution in [0.2, 0.25) is 0 Å². The van der Waals surface area contributed by atoms with Gasteiger partial charge in [0.05, 0.1) is 12.7 Å². The normalized spacial score (nSPS) is 33.4. The second-order valence-electron chi connectivity index (χ2n) is 10.3. The second kappa shape index (κ2) is 8.29. The zero-order valence-electron chi connectivity index (χ0n) is 19.5. The third kappa shape index (κ3) is 3.97. The molecule has 1 aromatic heterocycles. The van der Waals surface area contributed by atoms with Gasteiger partial charge in [-0.1, -0.05) is 27.4 Å². The van der Waals surface area contributed by atoms with E-state index in [4.69, 9.17) is 13.9 Å². The largest absolute Gasteiger partial charge is 0.493 e. The predicted octanol–water partition coefficient (Wildman–Crippen LogP) is 3.45. The molecular formula is C26H32O7. The van der Waals surface area contributed by atoms with Crippen LogP contribution in [0.5, 0.6) is 5.75 Å². The summed E-state index contributed by atoms with van der Waals surface area (Å²) in [6.07, 6.45) is -1.16. The minimum atomic E-state index is -1.11. The van der Waals surface area contributed by atoms with Gasteiger partial charge in [-0.2, -0.15) is 0 Å². The van der Waals surface area contributed by atoms with Gasteiger partial charge in [0.25, 0.3) is 0 Å². The van der Waals surface area contributed by atoms with E-state index in [-0.39, 0.29) is 30.5 Å².